The second-order valence-corrected chi connectivity index (χ2v) is 6.86. The lowest BCUT2D eigenvalue weighted by molar-refractivity contribution is -0.130. The highest BCUT2D eigenvalue weighted by Gasteiger charge is 2.21. The highest BCUT2D eigenvalue weighted by Crippen LogP contribution is 2.03. The van der Waals surface area contributed by atoms with Gasteiger partial charge in [-0.15, -0.1) is 0 Å². The Balaban J connectivity index is 2.39. The maximum absolute atomic E-state index is 12.3. The van der Waals surface area contributed by atoms with Crippen LogP contribution in [0.1, 0.15) is 38.2 Å². The Morgan fingerprint density at radius 3 is 2.20 bits per heavy atom. The second kappa shape index (κ2) is 15.0. The summed E-state index contributed by atoms with van der Waals surface area (Å²) < 4.78 is 0. The molecule has 1 rings (SSSR count). The summed E-state index contributed by atoms with van der Waals surface area (Å²) in [7, 11) is 0. The Labute approximate surface area is 177 Å². The van der Waals surface area contributed by atoms with E-state index in [0.717, 1.165) is 24.8 Å². The van der Waals surface area contributed by atoms with Gasteiger partial charge in [0.1, 0.15) is 6.04 Å². The predicted molar refractivity (Wildman–Crippen MR) is 114 cm³/mol. The van der Waals surface area contributed by atoms with E-state index in [1.54, 1.807) is 6.92 Å². The first-order valence-corrected chi connectivity index (χ1v) is 10.3. The normalized spacial score (nSPS) is 11.3. The number of hydrogen-bond acceptors (Lipinski definition) is 5. The van der Waals surface area contributed by atoms with Crippen LogP contribution in [0, 0.1) is 0 Å². The summed E-state index contributed by atoms with van der Waals surface area (Å²) in [6.07, 6.45) is 3.13. The van der Waals surface area contributed by atoms with Gasteiger partial charge in [0.15, 0.2) is 0 Å². The molecule has 1 aromatic rings. The van der Waals surface area contributed by atoms with Crippen molar-refractivity contribution in [3.05, 3.63) is 35.9 Å². The molecule has 30 heavy (non-hydrogen) atoms. The number of hydrogen-bond donors (Lipinski definition) is 5. The molecule has 166 valence electrons. The monoisotopic (exact) mass is 419 g/mol. The summed E-state index contributed by atoms with van der Waals surface area (Å²) in [6, 6.07) is 8.59. The van der Waals surface area contributed by atoms with Crippen molar-refractivity contribution < 1.29 is 19.2 Å². The number of likely N-dealkylation sites (N-methyl/N-ethyl adjacent to an activating group) is 1. The third-order valence-corrected chi connectivity index (χ3v) is 4.29. The van der Waals surface area contributed by atoms with Gasteiger partial charge in [0.05, 0.1) is 13.1 Å². The van der Waals surface area contributed by atoms with E-state index < -0.39 is 17.9 Å². The van der Waals surface area contributed by atoms with Gasteiger partial charge in [-0.1, -0.05) is 36.8 Å². The summed E-state index contributed by atoms with van der Waals surface area (Å²) in [4.78, 5) is 48.0. The number of unbranched alkanes of at least 4 members (excludes halogenated alkanes) is 2. The number of benzene rings is 1. The molecule has 0 bridgehead atoms. The van der Waals surface area contributed by atoms with Crippen LogP contribution in [0.15, 0.2) is 30.3 Å². The zero-order valence-corrected chi connectivity index (χ0v) is 17.5. The van der Waals surface area contributed by atoms with Crippen LogP contribution >= 0.6 is 0 Å². The molecule has 1 aromatic carbocycles. The molecule has 9 nitrogen and oxygen atoms in total. The van der Waals surface area contributed by atoms with E-state index in [9.17, 15) is 19.2 Å². The fourth-order valence-electron chi connectivity index (χ4n) is 2.72. The molecule has 0 fully saturated rings. The molecular formula is C21H33N5O4. The molecule has 1 atom stereocenters. The van der Waals surface area contributed by atoms with E-state index >= 15 is 0 Å². The number of rotatable bonds is 14. The van der Waals surface area contributed by atoms with Gasteiger partial charge >= 0.3 is 0 Å². The molecule has 0 aliphatic carbocycles. The maximum Gasteiger partial charge on any atom is 0.242 e. The van der Waals surface area contributed by atoms with Crippen LogP contribution in [0.25, 0.3) is 0 Å². The quantitative estimate of drug-likeness (QED) is 0.261. The van der Waals surface area contributed by atoms with E-state index in [2.05, 4.69) is 21.3 Å². The number of carbonyl (C=O) groups is 4. The lowest BCUT2D eigenvalue weighted by atomic mass is 10.1. The molecule has 0 aliphatic rings. The van der Waals surface area contributed by atoms with Gasteiger partial charge in [-0.05, 0) is 31.9 Å². The number of nitrogens with one attached hydrogen (secondary N) is 4. The molecule has 0 saturated carbocycles. The molecule has 0 radical (unpaired) electrons. The smallest absolute Gasteiger partial charge is 0.242 e. The van der Waals surface area contributed by atoms with E-state index in [4.69, 9.17) is 5.73 Å². The molecule has 4 amide bonds. The lowest BCUT2D eigenvalue weighted by Gasteiger charge is -2.18. The first-order chi connectivity index (χ1) is 14.5. The van der Waals surface area contributed by atoms with Crippen LogP contribution < -0.4 is 27.0 Å². The van der Waals surface area contributed by atoms with Gasteiger partial charge in [0.2, 0.25) is 23.6 Å². The maximum atomic E-state index is 12.3. The molecule has 0 aliphatic heterocycles. The zero-order valence-electron chi connectivity index (χ0n) is 17.5. The Morgan fingerprint density at radius 2 is 1.53 bits per heavy atom. The lowest BCUT2D eigenvalue weighted by Crippen LogP contribution is -2.51. The average molecular weight is 420 g/mol. The number of nitrogens with two attached hydrogens (primary N) is 1. The van der Waals surface area contributed by atoms with E-state index in [1.165, 1.54) is 0 Å². The number of amides is 4. The fraction of sp³-hybridized carbons (Fsp3) is 0.524. The van der Waals surface area contributed by atoms with Gasteiger partial charge in [-0.2, -0.15) is 0 Å². The van der Waals surface area contributed by atoms with Crippen LogP contribution in [0.2, 0.25) is 0 Å². The summed E-state index contributed by atoms with van der Waals surface area (Å²) in [5.74, 6) is -1.46. The Bertz CT molecular complexity index is 681. The van der Waals surface area contributed by atoms with Crippen molar-refractivity contribution in [2.24, 2.45) is 5.73 Å². The minimum atomic E-state index is -0.745. The molecule has 0 unspecified atom stereocenters. The van der Waals surface area contributed by atoms with Crippen LogP contribution in [0.5, 0.6) is 0 Å². The van der Waals surface area contributed by atoms with Crippen molar-refractivity contribution in [1.82, 2.24) is 21.3 Å². The van der Waals surface area contributed by atoms with E-state index in [-0.39, 0.29) is 24.9 Å². The Hall–Kier alpha value is -2.94. The van der Waals surface area contributed by atoms with Crippen LogP contribution in [-0.4, -0.2) is 55.8 Å². The summed E-state index contributed by atoms with van der Waals surface area (Å²) in [5, 5.41) is 10.3. The second-order valence-electron chi connectivity index (χ2n) is 6.86. The van der Waals surface area contributed by atoms with Gasteiger partial charge in [0, 0.05) is 19.4 Å². The SMILES string of the molecule is CCNC(=O)[C@H](Cc1ccccc1)NC(=O)CNC(=O)CNC(=O)CCCCCN. The minimum absolute atomic E-state index is 0.202. The highest BCUT2D eigenvalue weighted by atomic mass is 16.2. The summed E-state index contributed by atoms with van der Waals surface area (Å²) in [6.45, 7) is 2.36. The minimum Gasteiger partial charge on any atom is -0.355 e. The molecular weight excluding hydrogens is 386 g/mol. The van der Waals surface area contributed by atoms with Crippen LogP contribution in [-0.2, 0) is 25.6 Å². The average Bonchev–Trinajstić information content (AvgIpc) is 2.74. The van der Waals surface area contributed by atoms with E-state index in [1.807, 2.05) is 30.3 Å². The van der Waals surface area contributed by atoms with Crippen LogP contribution in [0.4, 0.5) is 0 Å². The first kappa shape index (κ1) is 25.1. The van der Waals surface area contributed by atoms with Gasteiger partial charge in [-0.25, -0.2) is 0 Å². The van der Waals surface area contributed by atoms with Crippen molar-refractivity contribution in [2.45, 2.75) is 45.1 Å². The summed E-state index contributed by atoms with van der Waals surface area (Å²) >= 11 is 0. The molecule has 6 N–H and O–H groups in total. The van der Waals surface area contributed by atoms with E-state index in [0.29, 0.717) is 25.9 Å². The topological polar surface area (TPSA) is 142 Å². The molecule has 0 spiro atoms. The van der Waals surface area contributed by atoms with Crippen molar-refractivity contribution in [2.75, 3.05) is 26.2 Å². The highest BCUT2D eigenvalue weighted by molar-refractivity contribution is 5.91. The standard InChI is InChI=1S/C21H33N5O4/c1-2-23-21(30)17(13-16-9-5-3-6-10-16)26-20(29)15-25-19(28)14-24-18(27)11-7-4-8-12-22/h3,5-6,9-10,17H,2,4,7-8,11-15,22H2,1H3,(H,23,30)(H,24,27)(H,25,28)(H,26,29)/t17-/m0/s1. The fourth-order valence-corrected chi connectivity index (χ4v) is 2.72. The van der Waals surface area contributed by atoms with Crippen molar-refractivity contribution in [1.29, 1.82) is 0 Å². The third-order valence-electron chi connectivity index (χ3n) is 4.29. The van der Waals surface area contributed by atoms with Crippen molar-refractivity contribution >= 4 is 23.6 Å². The van der Waals surface area contributed by atoms with Gasteiger partial charge < -0.3 is 27.0 Å². The third kappa shape index (κ3) is 11.2. The van der Waals surface area contributed by atoms with Crippen LogP contribution in [0.3, 0.4) is 0 Å². The van der Waals surface area contributed by atoms with Gasteiger partial charge in [-0.3, -0.25) is 19.2 Å². The first-order valence-electron chi connectivity index (χ1n) is 10.3. The number of carbonyl (C=O) groups excluding carboxylic acids is 4. The largest absolute Gasteiger partial charge is 0.355 e. The van der Waals surface area contributed by atoms with Gasteiger partial charge in [0.25, 0.3) is 0 Å². The van der Waals surface area contributed by atoms with Crippen molar-refractivity contribution in [3.63, 3.8) is 0 Å². The summed E-state index contributed by atoms with van der Waals surface area (Å²) in [5.41, 5.74) is 6.30. The zero-order chi connectivity index (χ0) is 22.2. The molecule has 0 heterocycles. The van der Waals surface area contributed by atoms with Crippen molar-refractivity contribution in [3.8, 4) is 0 Å². The molecule has 0 saturated heterocycles. The Kier molecular flexibility index (Phi) is 12.5. The molecule has 9 heteroatoms. The Morgan fingerprint density at radius 1 is 0.867 bits per heavy atom. The molecule has 0 aromatic heterocycles. The predicted octanol–water partition coefficient (Wildman–Crippen LogP) is -0.398.